The Morgan fingerprint density at radius 3 is 2.80 bits per heavy atom. The Balaban J connectivity index is 1.63. The third-order valence-electron chi connectivity index (χ3n) is 5.21. The Hall–Kier alpha value is -1.66. The van der Waals surface area contributed by atoms with Gasteiger partial charge in [-0.05, 0) is 56.1 Å². The lowest BCUT2D eigenvalue weighted by Crippen LogP contribution is -2.48. The zero-order valence-electron chi connectivity index (χ0n) is 14.8. The van der Waals surface area contributed by atoms with Crippen LogP contribution in [-0.2, 0) is 9.53 Å². The van der Waals surface area contributed by atoms with Crippen LogP contribution >= 0.6 is 12.2 Å². The van der Waals surface area contributed by atoms with E-state index in [0.717, 1.165) is 50.2 Å². The fourth-order valence-electron chi connectivity index (χ4n) is 3.86. The Kier molecular flexibility index (Phi) is 5.91. The number of hydrogen-bond donors (Lipinski definition) is 2. The van der Waals surface area contributed by atoms with Crippen molar-refractivity contribution >= 4 is 34.6 Å². The first-order valence-corrected chi connectivity index (χ1v) is 9.51. The highest BCUT2D eigenvalue weighted by Crippen LogP contribution is 2.33. The Morgan fingerprint density at radius 1 is 1.32 bits per heavy atom. The van der Waals surface area contributed by atoms with Gasteiger partial charge in [0, 0.05) is 43.6 Å². The maximum atomic E-state index is 11.9. The van der Waals surface area contributed by atoms with Gasteiger partial charge in [0.1, 0.15) is 0 Å². The van der Waals surface area contributed by atoms with Crippen LogP contribution < -0.4 is 15.5 Å². The molecule has 1 saturated carbocycles. The summed E-state index contributed by atoms with van der Waals surface area (Å²) in [5.41, 5.74) is 1.89. The fraction of sp³-hybridized carbons (Fsp3) is 0.579. The Labute approximate surface area is 155 Å². The highest BCUT2D eigenvalue weighted by Gasteiger charge is 2.34. The first-order chi connectivity index (χ1) is 12.1. The summed E-state index contributed by atoms with van der Waals surface area (Å²) in [5, 5.41) is 7.47. The number of carbonyl (C=O) groups excluding carboxylic acids is 1. The van der Waals surface area contributed by atoms with Crippen molar-refractivity contribution in [1.82, 2.24) is 5.32 Å². The summed E-state index contributed by atoms with van der Waals surface area (Å²) in [4.78, 5) is 13.8. The summed E-state index contributed by atoms with van der Waals surface area (Å²) < 4.78 is 5.27. The van der Waals surface area contributed by atoms with Crippen LogP contribution in [0.25, 0.3) is 0 Å². The number of hydrogen-bond acceptors (Lipinski definition) is 3. The summed E-state index contributed by atoms with van der Waals surface area (Å²) in [6.45, 7) is 1.54. The molecule has 0 aromatic heterocycles. The molecule has 1 aliphatic heterocycles. The van der Waals surface area contributed by atoms with E-state index in [2.05, 4.69) is 10.6 Å². The zero-order valence-corrected chi connectivity index (χ0v) is 15.7. The highest BCUT2D eigenvalue weighted by atomic mass is 32.1. The molecule has 3 rings (SSSR count). The lowest BCUT2D eigenvalue weighted by atomic mass is 9.94. The summed E-state index contributed by atoms with van der Waals surface area (Å²) in [5.74, 6) is 0.197. The molecule has 5 nitrogen and oxygen atoms in total. The maximum absolute atomic E-state index is 11.9. The molecule has 1 heterocycles. The quantitative estimate of drug-likeness (QED) is 0.760. The van der Waals surface area contributed by atoms with Crippen molar-refractivity contribution in [2.24, 2.45) is 0 Å². The van der Waals surface area contributed by atoms with Crippen molar-refractivity contribution in [3.63, 3.8) is 0 Å². The zero-order chi connectivity index (χ0) is 17.7. The summed E-state index contributed by atoms with van der Waals surface area (Å²) in [6, 6.07) is 7.91. The van der Waals surface area contributed by atoms with Gasteiger partial charge >= 0.3 is 0 Å². The molecule has 6 heteroatoms. The van der Waals surface area contributed by atoms with Crippen molar-refractivity contribution in [3.8, 4) is 0 Å². The number of thiocarbonyl (C=S) groups is 1. The topological polar surface area (TPSA) is 53.6 Å². The average molecular weight is 362 g/mol. The van der Waals surface area contributed by atoms with E-state index in [-0.39, 0.29) is 11.4 Å². The number of rotatable bonds is 6. The van der Waals surface area contributed by atoms with E-state index in [9.17, 15) is 4.79 Å². The number of ether oxygens (including phenoxy) is 1. The molecule has 1 aromatic rings. The van der Waals surface area contributed by atoms with E-state index < -0.39 is 0 Å². The van der Waals surface area contributed by atoms with Gasteiger partial charge in [0.25, 0.3) is 0 Å². The van der Waals surface area contributed by atoms with E-state index in [1.54, 1.807) is 7.11 Å². The van der Waals surface area contributed by atoms with E-state index in [4.69, 9.17) is 17.0 Å². The molecule has 136 valence electrons. The van der Waals surface area contributed by atoms with Gasteiger partial charge in [-0.15, -0.1) is 0 Å². The van der Waals surface area contributed by atoms with Gasteiger partial charge in [0.2, 0.25) is 5.91 Å². The number of anilines is 2. The minimum Gasteiger partial charge on any atom is -0.385 e. The smallest absolute Gasteiger partial charge is 0.227 e. The third-order valence-corrected chi connectivity index (χ3v) is 5.42. The number of nitrogens with one attached hydrogen (secondary N) is 2. The molecule has 1 amide bonds. The van der Waals surface area contributed by atoms with Crippen LogP contribution in [0.5, 0.6) is 0 Å². The largest absolute Gasteiger partial charge is 0.385 e. The molecule has 0 spiro atoms. The second-order valence-corrected chi connectivity index (χ2v) is 7.42. The standard InChI is InChI=1S/C19H27N3O2S/c1-24-13-11-19(9-2-3-10-19)21-18(25)20-15-6-4-7-16(14-15)22-12-5-8-17(22)23/h4,6-7,14H,2-3,5,8-13H2,1H3,(H2,20,21,25). The second-order valence-electron chi connectivity index (χ2n) is 7.01. The van der Waals surface area contributed by atoms with Crippen LogP contribution in [0, 0.1) is 0 Å². The van der Waals surface area contributed by atoms with Gasteiger partial charge in [-0.2, -0.15) is 0 Å². The van der Waals surface area contributed by atoms with Crippen molar-refractivity contribution in [2.45, 2.75) is 50.5 Å². The monoisotopic (exact) mass is 361 g/mol. The van der Waals surface area contributed by atoms with Crippen LogP contribution in [0.1, 0.15) is 44.9 Å². The average Bonchev–Trinajstić information content (AvgIpc) is 3.22. The summed E-state index contributed by atoms with van der Waals surface area (Å²) >= 11 is 5.55. The Bertz CT molecular complexity index is 629. The number of nitrogens with zero attached hydrogens (tertiary/aromatic N) is 1. The molecule has 0 atom stereocenters. The maximum Gasteiger partial charge on any atom is 0.227 e. The normalized spacial score (nSPS) is 19.2. The molecule has 2 N–H and O–H groups in total. The molecular weight excluding hydrogens is 334 g/mol. The number of carbonyl (C=O) groups is 1. The predicted molar refractivity (Wildman–Crippen MR) is 105 cm³/mol. The lowest BCUT2D eigenvalue weighted by molar-refractivity contribution is -0.117. The van der Waals surface area contributed by atoms with E-state index in [1.165, 1.54) is 12.8 Å². The van der Waals surface area contributed by atoms with E-state index in [0.29, 0.717) is 11.5 Å². The molecule has 0 unspecified atom stereocenters. The number of amides is 1. The molecule has 25 heavy (non-hydrogen) atoms. The van der Waals surface area contributed by atoms with Gasteiger partial charge in [-0.25, -0.2) is 0 Å². The van der Waals surface area contributed by atoms with Gasteiger partial charge < -0.3 is 20.3 Å². The highest BCUT2D eigenvalue weighted by molar-refractivity contribution is 7.80. The van der Waals surface area contributed by atoms with Gasteiger partial charge in [0.05, 0.1) is 0 Å². The van der Waals surface area contributed by atoms with Gasteiger partial charge in [-0.3, -0.25) is 4.79 Å². The summed E-state index contributed by atoms with van der Waals surface area (Å²) in [7, 11) is 1.74. The van der Waals surface area contributed by atoms with Crippen LogP contribution in [0.15, 0.2) is 24.3 Å². The Morgan fingerprint density at radius 2 is 2.12 bits per heavy atom. The molecule has 1 saturated heterocycles. The predicted octanol–water partition coefficient (Wildman–Crippen LogP) is 3.45. The molecule has 0 radical (unpaired) electrons. The number of benzene rings is 1. The second kappa shape index (κ2) is 8.15. The van der Waals surface area contributed by atoms with Crippen LogP contribution in [0.3, 0.4) is 0 Å². The van der Waals surface area contributed by atoms with Gasteiger partial charge in [-0.1, -0.05) is 18.9 Å². The van der Waals surface area contributed by atoms with Crippen LogP contribution in [0.2, 0.25) is 0 Å². The van der Waals surface area contributed by atoms with E-state index in [1.807, 2.05) is 29.2 Å². The van der Waals surface area contributed by atoms with Crippen molar-refractivity contribution in [2.75, 3.05) is 30.5 Å². The molecule has 1 aromatic carbocycles. The van der Waals surface area contributed by atoms with Crippen molar-refractivity contribution < 1.29 is 9.53 Å². The minimum atomic E-state index is 0.0443. The minimum absolute atomic E-state index is 0.0443. The first-order valence-electron chi connectivity index (χ1n) is 9.10. The third kappa shape index (κ3) is 4.50. The molecule has 2 fully saturated rings. The fourth-order valence-corrected chi connectivity index (χ4v) is 4.20. The van der Waals surface area contributed by atoms with Crippen LogP contribution in [0.4, 0.5) is 11.4 Å². The first kappa shape index (κ1) is 18.1. The van der Waals surface area contributed by atoms with Gasteiger partial charge in [0.15, 0.2) is 5.11 Å². The lowest BCUT2D eigenvalue weighted by Gasteiger charge is -2.31. The molecular formula is C19H27N3O2S. The van der Waals surface area contributed by atoms with Crippen molar-refractivity contribution in [1.29, 1.82) is 0 Å². The van der Waals surface area contributed by atoms with E-state index >= 15 is 0 Å². The van der Waals surface area contributed by atoms with Crippen LogP contribution in [-0.4, -0.2) is 36.8 Å². The molecule has 2 aliphatic rings. The number of methoxy groups -OCH3 is 1. The molecule has 1 aliphatic carbocycles. The van der Waals surface area contributed by atoms with Crippen molar-refractivity contribution in [3.05, 3.63) is 24.3 Å². The molecule has 0 bridgehead atoms. The summed E-state index contributed by atoms with van der Waals surface area (Å²) in [6.07, 6.45) is 7.24. The SMILES string of the molecule is COCCC1(NC(=S)Nc2cccc(N3CCCC3=O)c2)CCCC1.